The number of urea groups is 1. The number of rotatable bonds is 4. The van der Waals surface area contributed by atoms with Crippen LogP contribution in [0.15, 0.2) is 12.4 Å². The van der Waals surface area contributed by atoms with Gasteiger partial charge in [-0.25, -0.2) is 4.79 Å². The molecule has 1 atom stereocenters. The SMILES string of the molecule is CN1C(=O)N(CC(=O)c2cnn(C)c2)C(=O)C1(C)C1CCCCC1. The van der Waals surface area contributed by atoms with Crippen LogP contribution in [0, 0.1) is 5.92 Å². The predicted molar refractivity (Wildman–Crippen MR) is 87.4 cm³/mol. The van der Waals surface area contributed by atoms with Crippen LogP contribution in [-0.2, 0) is 11.8 Å². The van der Waals surface area contributed by atoms with Gasteiger partial charge in [-0.15, -0.1) is 0 Å². The van der Waals surface area contributed by atoms with E-state index in [4.69, 9.17) is 0 Å². The molecule has 24 heavy (non-hydrogen) atoms. The van der Waals surface area contributed by atoms with E-state index in [0.29, 0.717) is 5.56 Å². The first-order valence-electron chi connectivity index (χ1n) is 8.47. The molecule has 3 amide bonds. The molecule has 2 fully saturated rings. The number of carbonyl (C=O) groups excluding carboxylic acids is 3. The lowest BCUT2D eigenvalue weighted by Crippen LogP contribution is -2.52. The Morgan fingerprint density at radius 2 is 1.92 bits per heavy atom. The highest BCUT2D eigenvalue weighted by Gasteiger charge is 2.56. The molecular formula is C17H24N4O3. The first-order chi connectivity index (χ1) is 11.4. The second kappa shape index (κ2) is 6.03. The maximum Gasteiger partial charge on any atom is 0.327 e. The highest BCUT2D eigenvalue weighted by atomic mass is 16.2. The number of ketones is 1. The van der Waals surface area contributed by atoms with Gasteiger partial charge in [0.2, 0.25) is 0 Å². The fourth-order valence-electron chi connectivity index (χ4n) is 3.94. The lowest BCUT2D eigenvalue weighted by atomic mass is 9.75. The molecule has 0 spiro atoms. The van der Waals surface area contributed by atoms with Crippen molar-refractivity contribution >= 4 is 17.7 Å². The van der Waals surface area contributed by atoms with Crippen molar-refractivity contribution in [3.63, 3.8) is 0 Å². The number of carbonyl (C=O) groups is 3. The third kappa shape index (κ3) is 2.52. The summed E-state index contributed by atoms with van der Waals surface area (Å²) in [5.74, 6) is -0.364. The Morgan fingerprint density at radius 1 is 1.25 bits per heavy atom. The summed E-state index contributed by atoms with van der Waals surface area (Å²) >= 11 is 0. The monoisotopic (exact) mass is 332 g/mol. The van der Waals surface area contributed by atoms with E-state index >= 15 is 0 Å². The molecule has 2 aliphatic rings. The Kier molecular flexibility index (Phi) is 4.19. The molecule has 0 bridgehead atoms. The molecule has 0 N–H and O–H groups in total. The van der Waals surface area contributed by atoms with Crippen molar-refractivity contribution in [2.75, 3.05) is 13.6 Å². The van der Waals surface area contributed by atoms with E-state index in [1.807, 2.05) is 6.92 Å². The number of Topliss-reactive ketones (excluding diaryl/α,β-unsaturated/α-hetero) is 1. The summed E-state index contributed by atoms with van der Waals surface area (Å²) in [5, 5.41) is 3.96. The van der Waals surface area contributed by atoms with Crippen molar-refractivity contribution < 1.29 is 14.4 Å². The minimum absolute atomic E-state index is 0.159. The van der Waals surface area contributed by atoms with Crippen molar-refractivity contribution in [2.24, 2.45) is 13.0 Å². The highest BCUT2D eigenvalue weighted by molar-refractivity contribution is 6.11. The van der Waals surface area contributed by atoms with Crippen LogP contribution < -0.4 is 0 Å². The number of aromatic nitrogens is 2. The first kappa shape index (κ1) is 16.7. The fraction of sp³-hybridized carbons (Fsp3) is 0.647. The number of hydrogen-bond donors (Lipinski definition) is 0. The summed E-state index contributed by atoms with van der Waals surface area (Å²) in [6.45, 7) is 1.62. The van der Waals surface area contributed by atoms with E-state index in [-0.39, 0.29) is 30.2 Å². The topological polar surface area (TPSA) is 75.5 Å². The molecule has 2 heterocycles. The highest BCUT2D eigenvalue weighted by Crippen LogP contribution is 2.40. The average molecular weight is 332 g/mol. The second-order valence-electron chi connectivity index (χ2n) is 7.04. The quantitative estimate of drug-likeness (QED) is 0.623. The van der Waals surface area contributed by atoms with Crippen molar-refractivity contribution in [1.82, 2.24) is 19.6 Å². The molecule has 7 heteroatoms. The van der Waals surface area contributed by atoms with E-state index in [2.05, 4.69) is 5.10 Å². The molecular weight excluding hydrogens is 308 g/mol. The van der Waals surface area contributed by atoms with Gasteiger partial charge in [0.25, 0.3) is 5.91 Å². The fourth-order valence-corrected chi connectivity index (χ4v) is 3.94. The minimum Gasteiger partial charge on any atom is -0.313 e. The standard InChI is InChI=1S/C17H24N4O3/c1-17(13-7-5-4-6-8-13)15(23)21(16(24)20(17)3)11-14(22)12-9-18-19(2)10-12/h9-10,13H,4-8,11H2,1-3H3. The van der Waals surface area contributed by atoms with Crippen LogP contribution in [0.5, 0.6) is 0 Å². The zero-order valence-corrected chi connectivity index (χ0v) is 14.5. The molecule has 1 aromatic rings. The smallest absolute Gasteiger partial charge is 0.313 e. The van der Waals surface area contributed by atoms with E-state index in [1.54, 1.807) is 20.3 Å². The summed E-state index contributed by atoms with van der Waals surface area (Å²) in [7, 11) is 3.39. The number of aryl methyl sites for hydroxylation is 1. The van der Waals surface area contributed by atoms with Gasteiger partial charge in [-0.2, -0.15) is 5.10 Å². The van der Waals surface area contributed by atoms with E-state index in [0.717, 1.165) is 30.6 Å². The van der Waals surface area contributed by atoms with Crippen molar-refractivity contribution in [3.8, 4) is 0 Å². The summed E-state index contributed by atoms with van der Waals surface area (Å²) in [6.07, 6.45) is 8.30. The molecule has 130 valence electrons. The Labute approximate surface area is 141 Å². The van der Waals surface area contributed by atoms with Crippen molar-refractivity contribution in [1.29, 1.82) is 0 Å². The molecule has 1 aromatic heterocycles. The van der Waals surface area contributed by atoms with Crippen LogP contribution in [-0.4, -0.2) is 56.4 Å². The average Bonchev–Trinajstić information content (AvgIpc) is 3.09. The molecule has 7 nitrogen and oxygen atoms in total. The predicted octanol–water partition coefficient (Wildman–Crippen LogP) is 1.84. The normalized spacial score (nSPS) is 25.6. The molecule has 1 saturated heterocycles. The van der Waals surface area contributed by atoms with Gasteiger partial charge in [-0.05, 0) is 25.7 Å². The Bertz CT molecular complexity index is 677. The van der Waals surface area contributed by atoms with E-state index in [9.17, 15) is 14.4 Å². The number of amides is 3. The number of nitrogens with zero attached hydrogens (tertiary/aromatic N) is 4. The molecule has 0 aromatic carbocycles. The van der Waals surface area contributed by atoms with Gasteiger partial charge in [-0.1, -0.05) is 19.3 Å². The maximum atomic E-state index is 13.0. The molecule has 3 rings (SSSR count). The zero-order valence-electron chi connectivity index (χ0n) is 14.5. The summed E-state index contributed by atoms with van der Waals surface area (Å²) in [5.41, 5.74) is -0.431. The Morgan fingerprint density at radius 3 is 2.50 bits per heavy atom. The zero-order chi connectivity index (χ0) is 17.5. The minimum atomic E-state index is -0.841. The van der Waals surface area contributed by atoms with Gasteiger partial charge in [0.1, 0.15) is 5.54 Å². The Balaban J connectivity index is 1.81. The van der Waals surface area contributed by atoms with Gasteiger partial charge < -0.3 is 4.90 Å². The summed E-state index contributed by atoms with van der Waals surface area (Å²) < 4.78 is 1.53. The number of likely N-dealkylation sites (N-methyl/N-ethyl adjacent to an activating group) is 1. The van der Waals surface area contributed by atoms with E-state index in [1.165, 1.54) is 22.2 Å². The third-order valence-corrected chi connectivity index (χ3v) is 5.62. The Hall–Kier alpha value is -2.18. The van der Waals surface area contributed by atoms with Gasteiger partial charge in [-0.3, -0.25) is 19.2 Å². The maximum absolute atomic E-state index is 13.0. The van der Waals surface area contributed by atoms with Gasteiger partial charge in [0.15, 0.2) is 5.78 Å². The molecule has 1 unspecified atom stereocenters. The van der Waals surface area contributed by atoms with Crippen LogP contribution in [0.25, 0.3) is 0 Å². The van der Waals surface area contributed by atoms with Crippen LogP contribution >= 0.6 is 0 Å². The van der Waals surface area contributed by atoms with Crippen LogP contribution in [0.2, 0.25) is 0 Å². The van der Waals surface area contributed by atoms with Crippen LogP contribution in [0.1, 0.15) is 49.4 Å². The van der Waals surface area contributed by atoms with Crippen molar-refractivity contribution in [3.05, 3.63) is 18.0 Å². The lowest BCUT2D eigenvalue weighted by Gasteiger charge is -2.38. The second-order valence-corrected chi connectivity index (χ2v) is 7.04. The van der Waals surface area contributed by atoms with Gasteiger partial charge in [0.05, 0.1) is 18.3 Å². The molecule has 1 saturated carbocycles. The first-order valence-corrected chi connectivity index (χ1v) is 8.47. The largest absolute Gasteiger partial charge is 0.327 e. The molecule has 1 aliphatic carbocycles. The van der Waals surface area contributed by atoms with Gasteiger partial charge >= 0.3 is 6.03 Å². The van der Waals surface area contributed by atoms with E-state index < -0.39 is 5.54 Å². The van der Waals surface area contributed by atoms with Crippen LogP contribution in [0.4, 0.5) is 4.79 Å². The number of imide groups is 1. The number of hydrogen-bond acceptors (Lipinski definition) is 4. The van der Waals surface area contributed by atoms with Crippen molar-refractivity contribution in [2.45, 2.75) is 44.6 Å². The molecule has 1 aliphatic heterocycles. The summed E-state index contributed by atoms with van der Waals surface area (Å²) in [6, 6.07) is -0.384. The lowest BCUT2D eigenvalue weighted by molar-refractivity contribution is -0.135. The molecule has 0 radical (unpaired) electrons. The van der Waals surface area contributed by atoms with Crippen LogP contribution in [0.3, 0.4) is 0 Å². The van der Waals surface area contributed by atoms with Gasteiger partial charge in [0, 0.05) is 20.3 Å². The summed E-state index contributed by atoms with van der Waals surface area (Å²) in [4.78, 5) is 40.6. The third-order valence-electron chi connectivity index (χ3n) is 5.62.